The van der Waals surface area contributed by atoms with Crippen LogP contribution >= 0.6 is 31.6 Å². The Morgan fingerprint density at radius 2 is 1.81 bits per heavy atom. The van der Waals surface area contributed by atoms with E-state index in [0.29, 0.717) is 23.6 Å². The van der Waals surface area contributed by atoms with Gasteiger partial charge >= 0.3 is 7.60 Å². The van der Waals surface area contributed by atoms with E-state index in [2.05, 4.69) is 0 Å². The molecule has 0 aliphatic carbocycles. The molecule has 0 saturated carbocycles. The van der Waals surface area contributed by atoms with Gasteiger partial charge in [0, 0.05) is 14.1 Å². The van der Waals surface area contributed by atoms with E-state index in [4.69, 9.17) is 17.0 Å². The van der Waals surface area contributed by atoms with Gasteiger partial charge in [-0.2, -0.15) is 0 Å². The highest BCUT2D eigenvalue weighted by molar-refractivity contribution is 8.25. The number of ether oxygens (including phenoxy) is 1. The van der Waals surface area contributed by atoms with E-state index in [1.807, 2.05) is 54.6 Å². The minimum absolute atomic E-state index is 0.382. The van der Waals surface area contributed by atoms with Crippen LogP contribution in [0.4, 0.5) is 0 Å². The van der Waals surface area contributed by atoms with E-state index >= 15 is 0 Å². The highest BCUT2D eigenvalue weighted by atomic mass is 32.2. The van der Waals surface area contributed by atoms with E-state index in [0.717, 1.165) is 28.8 Å². The molecule has 0 aliphatic rings. The molecule has 8 heteroatoms. The second-order valence-electron chi connectivity index (χ2n) is 6.28. The number of thiocarbonyl (C=S) groups is 1. The zero-order valence-electron chi connectivity index (χ0n) is 15.3. The molecule has 0 spiro atoms. The average molecular weight is 426 g/mol. The van der Waals surface area contributed by atoms with Gasteiger partial charge in [-0.25, -0.2) is 0 Å². The van der Waals surface area contributed by atoms with Crippen LogP contribution in [0, 0.1) is 0 Å². The quantitative estimate of drug-likeness (QED) is 0.461. The predicted octanol–water partition coefficient (Wildman–Crippen LogP) is 4.89. The second kappa shape index (κ2) is 10.2. The van der Waals surface area contributed by atoms with Gasteiger partial charge in [-0.1, -0.05) is 54.3 Å². The second-order valence-corrected chi connectivity index (χ2v) is 10.3. The molecule has 5 nitrogen and oxygen atoms in total. The maximum Gasteiger partial charge on any atom is 0.338 e. The zero-order chi connectivity index (χ0) is 19.9. The van der Waals surface area contributed by atoms with Crippen LogP contribution < -0.4 is 4.74 Å². The normalized spacial score (nSPS) is 12.4. The van der Waals surface area contributed by atoms with E-state index in [1.165, 1.54) is 0 Å². The third-order valence-corrected chi connectivity index (χ3v) is 7.65. The molecule has 2 aromatic carbocycles. The maximum absolute atomic E-state index is 11.8. The Labute approximate surface area is 169 Å². The van der Waals surface area contributed by atoms with Gasteiger partial charge in [0.2, 0.25) is 0 Å². The smallest absolute Gasteiger partial charge is 0.338 e. The number of aryl methyl sites for hydroxylation is 1. The summed E-state index contributed by atoms with van der Waals surface area (Å²) in [5.41, 5.74) is 1.06. The van der Waals surface area contributed by atoms with Crippen LogP contribution in [-0.2, 0) is 11.0 Å². The van der Waals surface area contributed by atoms with Crippen molar-refractivity contribution in [3.05, 3.63) is 60.2 Å². The molecule has 0 radical (unpaired) electrons. The SMILES string of the molecule is CN(C)C(=S)S[C@H](CCCc1cccc(Oc2ccccc2)c1)P(=O)(O)O. The summed E-state index contributed by atoms with van der Waals surface area (Å²) in [4.78, 5) is 20.1. The molecule has 0 unspecified atom stereocenters. The van der Waals surface area contributed by atoms with Crippen molar-refractivity contribution in [3.63, 3.8) is 0 Å². The van der Waals surface area contributed by atoms with E-state index < -0.39 is 12.6 Å². The summed E-state index contributed by atoms with van der Waals surface area (Å²) in [6, 6.07) is 17.3. The topological polar surface area (TPSA) is 70.0 Å². The first-order chi connectivity index (χ1) is 12.8. The van der Waals surface area contributed by atoms with Gasteiger partial charge in [-0.05, 0) is 49.1 Å². The Balaban J connectivity index is 1.94. The fourth-order valence-corrected chi connectivity index (χ4v) is 5.05. The molecule has 0 fully saturated rings. The lowest BCUT2D eigenvalue weighted by Gasteiger charge is -2.21. The lowest BCUT2D eigenvalue weighted by Crippen LogP contribution is -2.19. The van der Waals surface area contributed by atoms with Gasteiger partial charge in [-0.3, -0.25) is 4.57 Å². The molecule has 146 valence electrons. The number of para-hydroxylation sites is 1. The van der Waals surface area contributed by atoms with Crippen molar-refractivity contribution in [2.75, 3.05) is 14.1 Å². The monoisotopic (exact) mass is 425 g/mol. The predicted molar refractivity (Wildman–Crippen MR) is 116 cm³/mol. The van der Waals surface area contributed by atoms with Crippen LogP contribution in [-0.4, -0.2) is 38.1 Å². The molecule has 0 bridgehead atoms. The summed E-state index contributed by atoms with van der Waals surface area (Å²) in [5, 5.41) is 0. The Kier molecular flexibility index (Phi) is 8.32. The molecular formula is C19H24NO4PS2. The number of thioether (sulfide) groups is 1. The minimum Gasteiger partial charge on any atom is -0.457 e. The molecule has 27 heavy (non-hydrogen) atoms. The van der Waals surface area contributed by atoms with Crippen LogP contribution in [0.2, 0.25) is 0 Å². The Morgan fingerprint density at radius 3 is 2.44 bits per heavy atom. The van der Waals surface area contributed by atoms with Gasteiger partial charge in [0.05, 0.1) is 0 Å². The number of rotatable bonds is 8. The zero-order valence-corrected chi connectivity index (χ0v) is 17.8. The third-order valence-electron chi connectivity index (χ3n) is 3.77. The van der Waals surface area contributed by atoms with Gasteiger partial charge in [0.1, 0.15) is 20.8 Å². The highest BCUT2D eigenvalue weighted by Gasteiger charge is 2.30. The number of nitrogens with zero attached hydrogens (tertiary/aromatic N) is 1. The van der Waals surface area contributed by atoms with Crippen LogP contribution in [0.15, 0.2) is 54.6 Å². The van der Waals surface area contributed by atoms with Gasteiger partial charge in [0.15, 0.2) is 0 Å². The Hall–Kier alpha value is -1.37. The van der Waals surface area contributed by atoms with Crippen LogP contribution in [0.3, 0.4) is 0 Å². The van der Waals surface area contributed by atoms with E-state index in [-0.39, 0.29) is 0 Å². The molecule has 0 heterocycles. The number of hydrogen-bond donors (Lipinski definition) is 2. The van der Waals surface area contributed by atoms with Crippen LogP contribution in [0.5, 0.6) is 11.5 Å². The van der Waals surface area contributed by atoms with E-state index in [1.54, 1.807) is 19.0 Å². The summed E-state index contributed by atoms with van der Waals surface area (Å²) in [7, 11) is -0.686. The summed E-state index contributed by atoms with van der Waals surface area (Å²) < 4.78 is 18.1. The molecule has 2 N–H and O–H groups in total. The Morgan fingerprint density at radius 1 is 1.15 bits per heavy atom. The lowest BCUT2D eigenvalue weighted by atomic mass is 10.1. The molecule has 2 rings (SSSR count). The third kappa shape index (κ3) is 7.64. The standard InChI is InChI=1S/C19H24NO4PS2/c1-20(2)19(26)27-18(25(21,22)23)13-7-9-15-8-6-12-17(14-15)24-16-10-4-3-5-11-16/h3-6,8,10-12,14,18H,7,9,13H2,1-2H3,(H2,21,22,23)/t18-/m1/s1. The minimum atomic E-state index is -4.22. The van der Waals surface area contributed by atoms with Crippen molar-refractivity contribution in [1.29, 1.82) is 0 Å². The van der Waals surface area contributed by atoms with Gasteiger partial charge in [-0.15, -0.1) is 0 Å². The fraction of sp³-hybridized carbons (Fsp3) is 0.316. The highest BCUT2D eigenvalue weighted by Crippen LogP contribution is 2.50. The first kappa shape index (κ1) is 21.9. The molecule has 0 saturated heterocycles. The van der Waals surface area contributed by atoms with Crippen molar-refractivity contribution < 1.29 is 19.1 Å². The summed E-state index contributed by atoms with van der Waals surface area (Å²) in [5.74, 6) is 1.51. The van der Waals surface area contributed by atoms with E-state index in [9.17, 15) is 14.4 Å². The molecule has 2 aromatic rings. The lowest BCUT2D eigenvalue weighted by molar-refractivity contribution is 0.367. The van der Waals surface area contributed by atoms with Gasteiger partial charge < -0.3 is 19.4 Å². The Bertz CT molecular complexity index is 795. The number of benzene rings is 2. The first-order valence-corrected chi connectivity index (χ1v) is 11.5. The van der Waals surface area contributed by atoms with Crippen molar-refractivity contribution in [2.24, 2.45) is 0 Å². The molecular weight excluding hydrogens is 401 g/mol. The van der Waals surface area contributed by atoms with Gasteiger partial charge in [0.25, 0.3) is 0 Å². The van der Waals surface area contributed by atoms with Crippen LogP contribution in [0.1, 0.15) is 18.4 Å². The van der Waals surface area contributed by atoms with Crippen molar-refractivity contribution in [2.45, 2.75) is 24.3 Å². The molecule has 1 atom stereocenters. The van der Waals surface area contributed by atoms with Crippen molar-refractivity contribution in [1.82, 2.24) is 4.90 Å². The largest absolute Gasteiger partial charge is 0.457 e. The molecule has 0 amide bonds. The maximum atomic E-state index is 11.8. The summed E-state index contributed by atoms with van der Waals surface area (Å²) in [6.07, 6.45) is 1.73. The number of hydrogen-bond acceptors (Lipinski definition) is 4. The van der Waals surface area contributed by atoms with Crippen molar-refractivity contribution >= 4 is 35.9 Å². The fourth-order valence-electron chi connectivity index (χ4n) is 2.39. The first-order valence-electron chi connectivity index (χ1n) is 8.50. The summed E-state index contributed by atoms with van der Waals surface area (Å²) in [6.45, 7) is 0. The van der Waals surface area contributed by atoms with Crippen molar-refractivity contribution in [3.8, 4) is 11.5 Å². The summed E-state index contributed by atoms with van der Waals surface area (Å²) >= 11 is 6.24. The van der Waals surface area contributed by atoms with Crippen LogP contribution in [0.25, 0.3) is 0 Å². The average Bonchev–Trinajstić information content (AvgIpc) is 2.61. The molecule has 0 aromatic heterocycles. The molecule has 0 aliphatic heterocycles.